The summed E-state index contributed by atoms with van der Waals surface area (Å²) in [5.74, 6) is 0. The van der Waals surface area contributed by atoms with E-state index in [1.54, 1.807) is 6.92 Å². The van der Waals surface area contributed by atoms with Crippen molar-refractivity contribution in [2.45, 2.75) is 11.8 Å². The topological polar surface area (TPSA) is 72.0 Å². The van der Waals surface area contributed by atoms with Crippen LogP contribution in [0.4, 0.5) is 5.13 Å². The van der Waals surface area contributed by atoms with Crippen LogP contribution in [0, 0.1) is 6.92 Å². The fourth-order valence-electron chi connectivity index (χ4n) is 1.13. The third-order valence-electron chi connectivity index (χ3n) is 1.87. The lowest BCUT2D eigenvalue weighted by atomic mass is 10.4. The summed E-state index contributed by atoms with van der Waals surface area (Å²) >= 11 is 6.86. The van der Waals surface area contributed by atoms with E-state index in [1.165, 1.54) is 35.6 Å². The van der Waals surface area contributed by atoms with Crippen molar-refractivity contribution in [1.29, 1.82) is 0 Å². The van der Waals surface area contributed by atoms with Gasteiger partial charge in [-0.05, 0) is 31.2 Å². The highest BCUT2D eigenvalue weighted by Gasteiger charge is 2.15. The third kappa shape index (κ3) is 2.93. The molecule has 0 radical (unpaired) electrons. The van der Waals surface area contributed by atoms with E-state index in [0.717, 1.165) is 0 Å². The zero-order chi connectivity index (χ0) is 12.5. The number of aryl methyl sites for hydroxylation is 1. The summed E-state index contributed by atoms with van der Waals surface area (Å²) in [5, 5.41) is 8.85. The second-order valence-corrected chi connectivity index (χ2v) is 6.49. The fraction of sp³-hybridized carbons (Fsp3) is 0.111. The summed E-state index contributed by atoms with van der Waals surface area (Å²) < 4.78 is 26.2. The van der Waals surface area contributed by atoms with E-state index >= 15 is 0 Å². The molecule has 8 heteroatoms. The lowest BCUT2D eigenvalue weighted by Gasteiger charge is -2.04. The standard InChI is InChI=1S/C9H8ClN3O2S2/c1-6-11-12-9(16-6)13-17(14,15)8-4-2-7(10)3-5-8/h2-5H,1H3,(H,12,13). The normalized spacial score (nSPS) is 11.4. The maximum Gasteiger partial charge on any atom is 0.263 e. The van der Waals surface area contributed by atoms with E-state index in [4.69, 9.17) is 11.6 Å². The van der Waals surface area contributed by atoms with Crippen LogP contribution in [0.1, 0.15) is 5.01 Å². The molecule has 2 rings (SSSR count). The summed E-state index contributed by atoms with van der Waals surface area (Å²) in [6.07, 6.45) is 0. The van der Waals surface area contributed by atoms with Crippen LogP contribution < -0.4 is 4.72 Å². The van der Waals surface area contributed by atoms with Crippen molar-refractivity contribution in [3.8, 4) is 0 Å². The molecule has 0 saturated heterocycles. The molecule has 0 aliphatic heterocycles. The van der Waals surface area contributed by atoms with Gasteiger partial charge < -0.3 is 0 Å². The van der Waals surface area contributed by atoms with Gasteiger partial charge in [0, 0.05) is 5.02 Å². The van der Waals surface area contributed by atoms with Gasteiger partial charge in [-0.2, -0.15) is 0 Å². The second kappa shape index (κ2) is 4.59. The Kier molecular flexibility index (Phi) is 3.32. The number of nitrogens with zero attached hydrogens (tertiary/aromatic N) is 2. The number of halogens is 1. The number of anilines is 1. The minimum atomic E-state index is -3.62. The Bertz CT molecular complexity index is 622. The summed E-state index contributed by atoms with van der Waals surface area (Å²) in [4.78, 5) is 0.134. The van der Waals surface area contributed by atoms with Gasteiger partial charge in [0.25, 0.3) is 10.0 Å². The van der Waals surface area contributed by atoms with Gasteiger partial charge in [0.15, 0.2) is 0 Å². The van der Waals surface area contributed by atoms with Gasteiger partial charge in [-0.15, -0.1) is 10.2 Å². The molecule has 0 aliphatic carbocycles. The van der Waals surface area contributed by atoms with E-state index in [2.05, 4.69) is 14.9 Å². The molecule has 1 N–H and O–H groups in total. The maximum atomic E-state index is 11.9. The zero-order valence-corrected chi connectivity index (χ0v) is 11.1. The van der Waals surface area contributed by atoms with Gasteiger partial charge in [-0.3, -0.25) is 4.72 Å². The number of aromatic nitrogens is 2. The molecular formula is C9H8ClN3O2S2. The molecule has 17 heavy (non-hydrogen) atoms. The highest BCUT2D eigenvalue weighted by molar-refractivity contribution is 7.93. The Morgan fingerprint density at radius 2 is 1.88 bits per heavy atom. The van der Waals surface area contributed by atoms with E-state index in [0.29, 0.717) is 10.0 Å². The van der Waals surface area contributed by atoms with Crippen molar-refractivity contribution < 1.29 is 8.42 Å². The van der Waals surface area contributed by atoms with E-state index in [1.807, 2.05) is 0 Å². The molecule has 90 valence electrons. The number of benzene rings is 1. The van der Waals surface area contributed by atoms with E-state index in [-0.39, 0.29) is 10.0 Å². The Morgan fingerprint density at radius 3 is 2.41 bits per heavy atom. The second-order valence-electron chi connectivity index (χ2n) is 3.19. The predicted octanol–water partition coefficient (Wildman–Crippen LogP) is 2.30. The Morgan fingerprint density at radius 1 is 1.24 bits per heavy atom. The van der Waals surface area contributed by atoms with E-state index in [9.17, 15) is 8.42 Å². The first-order valence-electron chi connectivity index (χ1n) is 4.56. The van der Waals surface area contributed by atoms with Crippen molar-refractivity contribution in [3.63, 3.8) is 0 Å². The molecule has 0 unspecified atom stereocenters. The average Bonchev–Trinajstić information content (AvgIpc) is 2.63. The molecule has 0 bridgehead atoms. The zero-order valence-electron chi connectivity index (χ0n) is 8.71. The lowest BCUT2D eigenvalue weighted by molar-refractivity contribution is 0.601. The molecule has 2 aromatic rings. The molecule has 0 amide bonds. The summed E-state index contributed by atoms with van der Waals surface area (Å²) in [7, 11) is -3.62. The largest absolute Gasteiger partial charge is 0.263 e. The first kappa shape index (κ1) is 12.3. The maximum absolute atomic E-state index is 11.9. The van der Waals surface area contributed by atoms with Crippen LogP contribution in [0.5, 0.6) is 0 Å². The van der Waals surface area contributed by atoms with Crippen molar-refractivity contribution in [2.75, 3.05) is 4.72 Å². The van der Waals surface area contributed by atoms with Gasteiger partial charge in [-0.25, -0.2) is 8.42 Å². The molecule has 0 saturated carbocycles. The van der Waals surface area contributed by atoms with Gasteiger partial charge in [0.2, 0.25) is 5.13 Å². The third-order valence-corrected chi connectivity index (χ3v) is 4.36. The van der Waals surface area contributed by atoms with Crippen LogP contribution in [0.2, 0.25) is 5.02 Å². The molecular weight excluding hydrogens is 282 g/mol. The Hall–Kier alpha value is -1.18. The molecule has 0 fully saturated rings. The highest BCUT2D eigenvalue weighted by Crippen LogP contribution is 2.20. The molecule has 0 aliphatic rings. The SMILES string of the molecule is Cc1nnc(NS(=O)(=O)c2ccc(Cl)cc2)s1. The fourth-order valence-corrected chi connectivity index (χ4v) is 3.07. The van der Waals surface area contributed by atoms with Crippen LogP contribution in [0.25, 0.3) is 0 Å². The van der Waals surface area contributed by atoms with Gasteiger partial charge in [-0.1, -0.05) is 22.9 Å². The van der Waals surface area contributed by atoms with Crippen LogP contribution in [0.3, 0.4) is 0 Å². The van der Waals surface area contributed by atoms with Crippen LogP contribution in [-0.4, -0.2) is 18.6 Å². The number of rotatable bonds is 3. The molecule has 5 nitrogen and oxygen atoms in total. The number of sulfonamides is 1. The minimum absolute atomic E-state index is 0.134. The molecule has 1 aromatic carbocycles. The van der Waals surface area contributed by atoms with Gasteiger partial charge in [0.1, 0.15) is 5.01 Å². The summed E-state index contributed by atoms with van der Waals surface area (Å²) in [6, 6.07) is 5.89. The molecule has 0 atom stereocenters. The summed E-state index contributed by atoms with van der Waals surface area (Å²) in [5.41, 5.74) is 0. The highest BCUT2D eigenvalue weighted by atomic mass is 35.5. The smallest absolute Gasteiger partial charge is 0.253 e. The number of hydrogen-bond donors (Lipinski definition) is 1. The first-order valence-corrected chi connectivity index (χ1v) is 7.24. The monoisotopic (exact) mass is 289 g/mol. The van der Waals surface area contributed by atoms with E-state index < -0.39 is 10.0 Å². The predicted molar refractivity (Wildman–Crippen MR) is 66.9 cm³/mol. The van der Waals surface area contributed by atoms with Crippen molar-refractivity contribution in [3.05, 3.63) is 34.3 Å². The van der Waals surface area contributed by atoms with Crippen LogP contribution >= 0.6 is 22.9 Å². The quantitative estimate of drug-likeness (QED) is 0.941. The molecule has 1 aromatic heterocycles. The Balaban J connectivity index is 2.28. The average molecular weight is 290 g/mol. The summed E-state index contributed by atoms with van der Waals surface area (Å²) in [6.45, 7) is 1.75. The van der Waals surface area contributed by atoms with Crippen molar-refractivity contribution in [2.24, 2.45) is 0 Å². The van der Waals surface area contributed by atoms with Crippen molar-refractivity contribution in [1.82, 2.24) is 10.2 Å². The Labute approximate surface area is 108 Å². The first-order chi connectivity index (χ1) is 7.97. The molecule has 0 spiro atoms. The van der Waals surface area contributed by atoms with Gasteiger partial charge >= 0.3 is 0 Å². The van der Waals surface area contributed by atoms with Crippen LogP contribution in [0.15, 0.2) is 29.2 Å². The van der Waals surface area contributed by atoms with Crippen molar-refractivity contribution >= 4 is 38.1 Å². The number of nitrogens with one attached hydrogen (secondary N) is 1. The van der Waals surface area contributed by atoms with Gasteiger partial charge in [0.05, 0.1) is 4.90 Å². The molecule has 1 heterocycles. The lowest BCUT2D eigenvalue weighted by Crippen LogP contribution is -2.12. The minimum Gasteiger partial charge on any atom is -0.253 e. The van der Waals surface area contributed by atoms with Crippen LogP contribution in [-0.2, 0) is 10.0 Å². The number of hydrogen-bond acceptors (Lipinski definition) is 5.